The standard InChI is InChI=1S/C9H13N3O2/c1-3-4-8(13)10-7-5-6-9(14-2)12-11-7/h5-6H,3-4H2,1-2H3,(H,10,11,13). The minimum Gasteiger partial charge on any atom is -0.480 e. The molecule has 1 N–H and O–H groups in total. The summed E-state index contributed by atoms with van der Waals surface area (Å²) in [5.41, 5.74) is 0. The molecular weight excluding hydrogens is 182 g/mol. The number of hydrogen-bond acceptors (Lipinski definition) is 4. The van der Waals surface area contributed by atoms with Gasteiger partial charge in [0.1, 0.15) is 0 Å². The lowest BCUT2D eigenvalue weighted by Gasteiger charge is -2.02. The van der Waals surface area contributed by atoms with Crippen LogP contribution in [-0.2, 0) is 4.79 Å². The van der Waals surface area contributed by atoms with Crippen LogP contribution >= 0.6 is 0 Å². The van der Waals surface area contributed by atoms with Gasteiger partial charge in [0, 0.05) is 12.5 Å². The Morgan fingerprint density at radius 1 is 1.50 bits per heavy atom. The molecule has 1 rings (SSSR count). The molecule has 1 heterocycles. The Hall–Kier alpha value is -1.65. The van der Waals surface area contributed by atoms with E-state index >= 15 is 0 Å². The number of anilines is 1. The molecule has 0 fully saturated rings. The molecule has 1 aromatic rings. The molecule has 0 saturated carbocycles. The Labute approximate surface area is 82.5 Å². The van der Waals surface area contributed by atoms with Crippen LogP contribution in [0, 0.1) is 0 Å². The minimum absolute atomic E-state index is 0.0491. The predicted molar refractivity (Wildman–Crippen MR) is 52.1 cm³/mol. The van der Waals surface area contributed by atoms with E-state index in [0.29, 0.717) is 18.1 Å². The van der Waals surface area contributed by atoms with E-state index in [1.54, 1.807) is 12.1 Å². The molecule has 5 nitrogen and oxygen atoms in total. The van der Waals surface area contributed by atoms with Crippen LogP contribution in [0.4, 0.5) is 5.82 Å². The van der Waals surface area contributed by atoms with Gasteiger partial charge in [-0.15, -0.1) is 10.2 Å². The average Bonchev–Trinajstić information content (AvgIpc) is 2.19. The normalized spacial score (nSPS) is 9.57. The van der Waals surface area contributed by atoms with E-state index in [9.17, 15) is 4.79 Å². The number of rotatable bonds is 4. The highest BCUT2D eigenvalue weighted by atomic mass is 16.5. The van der Waals surface area contributed by atoms with Gasteiger partial charge in [0.15, 0.2) is 5.82 Å². The molecule has 0 aliphatic heterocycles. The zero-order chi connectivity index (χ0) is 10.4. The molecule has 0 aliphatic carbocycles. The monoisotopic (exact) mass is 195 g/mol. The predicted octanol–water partition coefficient (Wildman–Crippen LogP) is 1.22. The number of nitrogens with one attached hydrogen (secondary N) is 1. The Morgan fingerprint density at radius 2 is 2.29 bits per heavy atom. The minimum atomic E-state index is -0.0491. The molecule has 0 bridgehead atoms. The van der Waals surface area contributed by atoms with E-state index in [4.69, 9.17) is 4.74 Å². The topological polar surface area (TPSA) is 64.1 Å². The van der Waals surface area contributed by atoms with Crippen molar-refractivity contribution in [2.45, 2.75) is 19.8 Å². The van der Waals surface area contributed by atoms with Crippen molar-refractivity contribution in [1.29, 1.82) is 0 Å². The van der Waals surface area contributed by atoms with Crippen LogP contribution in [0.1, 0.15) is 19.8 Å². The maximum Gasteiger partial charge on any atom is 0.233 e. The third-order valence-electron chi connectivity index (χ3n) is 1.59. The van der Waals surface area contributed by atoms with Gasteiger partial charge in [-0.3, -0.25) is 4.79 Å². The van der Waals surface area contributed by atoms with Crippen molar-refractivity contribution in [2.75, 3.05) is 12.4 Å². The van der Waals surface area contributed by atoms with Crippen molar-refractivity contribution in [3.8, 4) is 5.88 Å². The summed E-state index contributed by atoms with van der Waals surface area (Å²) in [6.45, 7) is 1.94. The molecule has 0 spiro atoms. The molecule has 14 heavy (non-hydrogen) atoms. The summed E-state index contributed by atoms with van der Waals surface area (Å²) in [6.07, 6.45) is 1.31. The smallest absolute Gasteiger partial charge is 0.233 e. The van der Waals surface area contributed by atoms with Crippen LogP contribution < -0.4 is 10.1 Å². The van der Waals surface area contributed by atoms with Gasteiger partial charge in [-0.25, -0.2) is 0 Å². The van der Waals surface area contributed by atoms with Gasteiger partial charge in [-0.05, 0) is 12.5 Å². The molecule has 0 aliphatic rings. The molecule has 0 aromatic carbocycles. The second-order valence-corrected chi connectivity index (χ2v) is 2.76. The number of carbonyl (C=O) groups is 1. The van der Waals surface area contributed by atoms with Gasteiger partial charge in [-0.1, -0.05) is 6.92 Å². The first-order valence-corrected chi connectivity index (χ1v) is 4.44. The summed E-state index contributed by atoms with van der Waals surface area (Å²) in [5, 5.41) is 10.1. The molecule has 0 unspecified atom stereocenters. The first-order chi connectivity index (χ1) is 6.76. The molecule has 0 saturated heterocycles. The number of ether oxygens (including phenoxy) is 1. The highest BCUT2D eigenvalue weighted by molar-refractivity contribution is 5.89. The largest absolute Gasteiger partial charge is 0.480 e. The molecular formula is C9H13N3O2. The lowest BCUT2D eigenvalue weighted by atomic mass is 10.3. The van der Waals surface area contributed by atoms with E-state index in [1.807, 2.05) is 6.92 Å². The molecule has 0 atom stereocenters. The maximum atomic E-state index is 11.2. The zero-order valence-electron chi connectivity index (χ0n) is 8.28. The van der Waals surface area contributed by atoms with Crippen molar-refractivity contribution in [2.24, 2.45) is 0 Å². The highest BCUT2D eigenvalue weighted by Crippen LogP contribution is 2.07. The van der Waals surface area contributed by atoms with Crippen LogP contribution in [0.25, 0.3) is 0 Å². The van der Waals surface area contributed by atoms with E-state index in [1.165, 1.54) is 7.11 Å². The Kier molecular flexibility index (Phi) is 3.84. The number of methoxy groups -OCH3 is 1. The van der Waals surface area contributed by atoms with Gasteiger partial charge in [0.25, 0.3) is 0 Å². The number of amides is 1. The van der Waals surface area contributed by atoms with Gasteiger partial charge in [0.05, 0.1) is 7.11 Å². The van der Waals surface area contributed by atoms with E-state index in [2.05, 4.69) is 15.5 Å². The quantitative estimate of drug-likeness (QED) is 0.784. The van der Waals surface area contributed by atoms with Crippen molar-refractivity contribution in [1.82, 2.24) is 10.2 Å². The van der Waals surface area contributed by atoms with Crippen molar-refractivity contribution >= 4 is 11.7 Å². The van der Waals surface area contributed by atoms with Crippen molar-refractivity contribution in [3.63, 3.8) is 0 Å². The second kappa shape index (κ2) is 5.16. The van der Waals surface area contributed by atoms with Crippen LogP contribution in [0.15, 0.2) is 12.1 Å². The van der Waals surface area contributed by atoms with E-state index < -0.39 is 0 Å². The number of carbonyl (C=O) groups excluding carboxylic acids is 1. The summed E-state index contributed by atoms with van der Waals surface area (Å²) in [6, 6.07) is 3.30. The summed E-state index contributed by atoms with van der Waals surface area (Å²) in [4.78, 5) is 11.2. The highest BCUT2D eigenvalue weighted by Gasteiger charge is 2.02. The lowest BCUT2D eigenvalue weighted by molar-refractivity contribution is -0.116. The van der Waals surface area contributed by atoms with Crippen LogP contribution in [0.2, 0.25) is 0 Å². The first kappa shape index (κ1) is 10.4. The first-order valence-electron chi connectivity index (χ1n) is 4.44. The SMILES string of the molecule is CCCC(=O)Nc1ccc(OC)nn1. The number of hydrogen-bond donors (Lipinski definition) is 1. The van der Waals surface area contributed by atoms with Gasteiger partial charge in [-0.2, -0.15) is 0 Å². The molecule has 5 heteroatoms. The Bertz CT molecular complexity index is 297. The molecule has 1 amide bonds. The third kappa shape index (κ3) is 3.01. The summed E-state index contributed by atoms with van der Waals surface area (Å²) >= 11 is 0. The van der Waals surface area contributed by atoms with Gasteiger partial charge in [0.2, 0.25) is 11.8 Å². The second-order valence-electron chi connectivity index (χ2n) is 2.76. The number of nitrogens with zero attached hydrogens (tertiary/aromatic N) is 2. The average molecular weight is 195 g/mol. The van der Waals surface area contributed by atoms with Crippen molar-refractivity contribution < 1.29 is 9.53 Å². The fourth-order valence-electron chi connectivity index (χ4n) is 0.928. The lowest BCUT2D eigenvalue weighted by Crippen LogP contribution is -2.12. The Morgan fingerprint density at radius 3 is 2.79 bits per heavy atom. The number of aromatic nitrogens is 2. The maximum absolute atomic E-state index is 11.2. The Balaban J connectivity index is 2.55. The fourth-order valence-corrected chi connectivity index (χ4v) is 0.928. The van der Waals surface area contributed by atoms with E-state index in [0.717, 1.165) is 6.42 Å². The summed E-state index contributed by atoms with van der Waals surface area (Å²) in [5.74, 6) is 0.828. The molecule has 0 radical (unpaired) electrons. The van der Waals surface area contributed by atoms with Crippen molar-refractivity contribution in [3.05, 3.63) is 12.1 Å². The van der Waals surface area contributed by atoms with Crippen LogP contribution in [0.3, 0.4) is 0 Å². The van der Waals surface area contributed by atoms with Gasteiger partial charge >= 0.3 is 0 Å². The third-order valence-corrected chi connectivity index (χ3v) is 1.59. The van der Waals surface area contributed by atoms with Crippen LogP contribution in [0.5, 0.6) is 5.88 Å². The molecule has 1 aromatic heterocycles. The fraction of sp³-hybridized carbons (Fsp3) is 0.444. The zero-order valence-corrected chi connectivity index (χ0v) is 8.28. The van der Waals surface area contributed by atoms with Gasteiger partial charge < -0.3 is 10.1 Å². The molecule has 76 valence electrons. The van der Waals surface area contributed by atoms with E-state index in [-0.39, 0.29) is 5.91 Å². The summed E-state index contributed by atoms with van der Waals surface area (Å²) in [7, 11) is 1.51. The van der Waals surface area contributed by atoms with Crippen LogP contribution in [-0.4, -0.2) is 23.2 Å². The summed E-state index contributed by atoms with van der Waals surface area (Å²) < 4.78 is 4.84.